The van der Waals surface area contributed by atoms with Gasteiger partial charge in [-0.2, -0.15) is 0 Å². The van der Waals surface area contributed by atoms with Crippen LogP contribution in [0.4, 0.5) is 0 Å². The molecule has 0 aliphatic heterocycles. The van der Waals surface area contributed by atoms with Crippen molar-refractivity contribution in [2.75, 3.05) is 5.84 Å². The number of rotatable bonds is 14. The van der Waals surface area contributed by atoms with Gasteiger partial charge in [-0.1, -0.05) is 84.0 Å². The Hall–Kier alpha value is -0.710. The largest absolute Gasteiger partial charge is 0.336 e. The lowest BCUT2D eigenvalue weighted by molar-refractivity contribution is 0.537. The normalized spacial score (nSPS) is 11.2. The van der Waals surface area contributed by atoms with Crippen LogP contribution in [0.2, 0.25) is 0 Å². The van der Waals surface area contributed by atoms with Crippen LogP contribution in [0.3, 0.4) is 0 Å². The standard InChI is InChI=1S/C17H34N4S/c1-2-3-4-5-6-7-8-9-10-11-12-13-14-15-16-19-20-17(22)21(16)18/h2-15,18H2,1H3,(H,20,22). The molecule has 0 atom stereocenters. The Balaban J connectivity index is 1.81. The van der Waals surface area contributed by atoms with E-state index in [9.17, 15) is 0 Å². The first-order chi connectivity index (χ1) is 10.8. The summed E-state index contributed by atoms with van der Waals surface area (Å²) in [5.41, 5.74) is 0. The van der Waals surface area contributed by atoms with Crippen molar-refractivity contribution in [3.05, 3.63) is 5.82 Å². The van der Waals surface area contributed by atoms with Gasteiger partial charge in [-0.15, -0.1) is 22.8 Å². The SMILES string of the molecule is CCCCCCCCCCCCCCCc1nnc(S)n1N. The van der Waals surface area contributed by atoms with Gasteiger partial charge in [-0.05, 0) is 6.42 Å². The van der Waals surface area contributed by atoms with Crippen LogP contribution in [0.25, 0.3) is 0 Å². The van der Waals surface area contributed by atoms with Crippen LogP contribution < -0.4 is 5.84 Å². The van der Waals surface area contributed by atoms with E-state index >= 15 is 0 Å². The number of nitrogens with two attached hydrogens (primary N) is 1. The number of unbranched alkanes of at least 4 members (excludes halogenated alkanes) is 12. The molecule has 2 N–H and O–H groups in total. The summed E-state index contributed by atoms with van der Waals surface area (Å²) in [5.74, 6) is 6.61. The van der Waals surface area contributed by atoms with Crippen LogP contribution in [0.5, 0.6) is 0 Å². The molecule has 1 heterocycles. The fourth-order valence-electron chi connectivity index (χ4n) is 2.79. The van der Waals surface area contributed by atoms with Gasteiger partial charge in [-0.3, -0.25) is 0 Å². The lowest BCUT2D eigenvalue weighted by Gasteiger charge is -2.03. The zero-order valence-electron chi connectivity index (χ0n) is 14.3. The number of aryl methyl sites for hydroxylation is 1. The van der Waals surface area contributed by atoms with Crippen LogP contribution >= 0.6 is 12.6 Å². The highest BCUT2D eigenvalue weighted by Crippen LogP contribution is 2.13. The van der Waals surface area contributed by atoms with E-state index in [0.717, 1.165) is 18.7 Å². The topological polar surface area (TPSA) is 56.7 Å². The van der Waals surface area contributed by atoms with Crippen molar-refractivity contribution in [1.29, 1.82) is 0 Å². The highest BCUT2D eigenvalue weighted by molar-refractivity contribution is 7.80. The van der Waals surface area contributed by atoms with Gasteiger partial charge >= 0.3 is 0 Å². The molecule has 0 amide bonds. The molecule has 0 saturated heterocycles. The van der Waals surface area contributed by atoms with Gasteiger partial charge in [0.2, 0.25) is 5.16 Å². The summed E-state index contributed by atoms with van der Waals surface area (Å²) < 4.78 is 1.48. The van der Waals surface area contributed by atoms with Gasteiger partial charge in [0, 0.05) is 6.42 Å². The third kappa shape index (κ3) is 8.66. The van der Waals surface area contributed by atoms with Crippen molar-refractivity contribution in [1.82, 2.24) is 14.9 Å². The summed E-state index contributed by atoms with van der Waals surface area (Å²) >= 11 is 4.13. The lowest BCUT2D eigenvalue weighted by atomic mass is 10.0. The second-order valence-corrected chi connectivity index (χ2v) is 6.68. The molecule has 0 unspecified atom stereocenters. The Morgan fingerprint density at radius 1 is 0.773 bits per heavy atom. The van der Waals surface area contributed by atoms with Gasteiger partial charge in [0.25, 0.3) is 0 Å². The minimum Gasteiger partial charge on any atom is -0.336 e. The van der Waals surface area contributed by atoms with Gasteiger partial charge in [0.15, 0.2) is 5.82 Å². The van der Waals surface area contributed by atoms with E-state index in [1.807, 2.05) is 0 Å². The molecule has 0 saturated carbocycles. The van der Waals surface area contributed by atoms with E-state index in [4.69, 9.17) is 5.84 Å². The monoisotopic (exact) mass is 326 g/mol. The predicted octanol–water partition coefficient (Wildman–Crippen LogP) is 4.91. The molecule has 4 nitrogen and oxygen atoms in total. The van der Waals surface area contributed by atoms with E-state index in [2.05, 4.69) is 29.7 Å². The summed E-state index contributed by atoms with van der Waals surface area (Å²) in [5, 5.41) is 8.36. The molecule has 0 spiro atoms. The molecule has 1 aromatic rings. The van der Waals surface area contributed by atoms with E-state index in [0.29, 0.717) is 5.16 Å². The highest BCUT2D eigenvalue weighted by atomic mass is 32.1. The Morgan fingerprint density at radius 3 is 1.64 bits per heavy atom. The summed E-state index contributed by atoms with van der Waals surface area (Å²) in [6, 6.07) is 0. The maximum atomic E-state index is 5.77. The molecule has 22 heavy (non-hydrogen) atoms. The average molecular weight is 327 g/mol. The van der Waals surface area contributed by atoms with Crippen molar-refractivity contribution in [3.63, 3.8) is 0 Å². The molecule has 1 aromatic heterocycles. The molecule has 0 fully saturated rings. The number of hydrogen-bond acceptors (Lipinski definition) is 4. The minimum absolute atomic E-state index is 0.490. The maximum Gasteiger partial charge on any atom is 0.206 e. The number of hydrogen-bond donors (Lipinski definition) is 2. The van der Waals surface area contributed by atoms with Gasteiger partial charge in [-0.25, -0.2) is 4.68 Å². The van der Waals surface area contributed by atoms with E-state index < -0.39 is 0 Å². The van der Waals surface area contributed by atoms with E-state index in [1.54, 1.807) is 0 Å². The van der Waals surface area contributed by atoms with Crippen molar-refractivity contribution in [2.24, 2.45) is 0 Å². The molecule has 0 aliphatic rings. The molecular formula is C17H34N4S. The Bertz CT molecular complexity index is 379. The molecule has 128 valence electrons. The summed E-state index contributed by atoms with van der Waals surface area (Å²) in [6.45, 7) is 2.28. The van der Waals surface area contributed by atoms with Gasteiger partial charge in [0.05, 0.1) is 0 Å². The number of thiol groups is 1. The molecule has 1 rings (SSSR count). The zero-order valence-corrected chi connectivity index (χ0v) is 15.2. The third-order valence-corrected chi connectivity index (χ3v) is 4.56. The van der Waals surface area contributed by atoms with Crippen molar-refractivity contribution < 1.29 is 0 Å². The van der Waals surface area contributed by atoms with Crippen molar-refractivity contribution in [3.8, 4) is 0 Å². The smallest absolute Gasteiger partial charge is 0.206 e. The molecule has 0 bridgehead atoms. The average Bonchev–Trinajstić information content (AvgIpc) is 2.84. The van der Waals surface area contributed by atoms with Crippen LogP contribution in [0.15, 0.2) is 5.16 Å². The van der Waals surface area contributed by atoms with Crippen molar-refractivity contribution in [2.45, 2.75) is 102 Å². The predicted molar refractivity (Wildman–Crippen MR) is 96.8 cm³/mol. The summed E-state index contributed by atoms with van der Waals surface area (Å²) in [6.07, 6.45) is 18.7. The van der Waals surface area contributed by atoms with Crippen LogP contribution in [-0.4, -0.2) is 14.9 Å². The molecule has 0 radical (unpaired) electrons. The first kappa shape index (κ1) is 19.3. The van der Waals surface area contributed by atoms with Crippen LogP contribution in [-0.2, 0) is 6.42 Å². The van der Waals surface area contributed by atoms with E-state index in [-0.39, 0.29) is 0 Å². The number of aromatic nitrogens is 3. The number of nitrogen functional groups attached to an aromatic ring is 1. The molecule has 5 heteroatoms. The fraction of sp³-hybridized carbons (Fsp3) is 0.882. The highest BCUT2D eigenvalue weighted by Gasteiger charge is 2.05. The van der Waals surface area contributed by atoms with E-state index in [1.165, 1.54) is 81.7 Å². The van der Waals surface area contributed by atoms with Crippen LogP contribution in [0.1, 0.15) is 96.2 Å². The Labute approximate surface area is 141 Å². The molecular weight excluding hydrogens is 292 g/mol. The lowest BCUT2D eigenvalue weighted by Crippen LogP contribution is -2.13. The molecule has 0 aliphatic carbocycles. The summed E-state index contributed by atoms with van der Waals surface area (Å²) in [4.78, 5) is 0. The Morgan fingerprint density at radius 2 is 1.23 bits per heavy atom. The second-order valence-electron chi connectivity index (χ2n) is 6.28. The third-order valence-electron chi connectivity index (χ3n) is 4.25. The zero-order chi connectivity index (χ0) is 16.0. The fourth-order valence-corrected chi connectivity index (χ4v) is 2.95. The quantitative estimate of drug-likeness (QED) is 0.290. The first-order valence-electron chi connectivity index (χ1n) is 9.14. The Kier molecular flexibility index (Phi) is 11.2. The minimum atomic E-state index is 0.490. The summed E-state index contributed by atoms with van der Waals surface area (Å²) in [7, 11) is 0. The molecule has 0 aromatic carbocycles. The van der Waals surface area contributed by atoms with Crippen molar-refractivity contribution >= 4 is 12.6 Å². The first-order valence-corrected chi connectivity index (χ1v) is 9.58. The number of nitrogens with zero attached hydrogens (tertiary/aromatic N) is 3. The van der Waals surface area contributed by atoms with Gasteiger partial charge in [0.1, 0.15) is 0 Å². The van der Waals surface area contributed by atoms with Gasteiger partial charge < -0.3 is 5.84 Å². The maximum absolute atomic E-state index is 5.77. The second kappa shape index (κ2) is 12.8. The van der Waals surface area contributed by atoms with Crippen LogP contribution in [0, 0.1) is 0 Å².